The Morgan fingerprint density at radius 2 is 1.84 bits per heavy atom. The number of hydrogen-bond acceptors (Lipinski definition) is 3. The van der Waals surface area contributed by atoms with E-state index in [1.165, 1.54) is 23.1 Å². The number of benzene rings is 2. The molecule has 2 atom stereocenters. The van der Waals surface area contributed by atoms with Gasteiger partial charge in [0, 0.05) is 24.3 Å². The van der Waals surface area contributed by atoms with Crippen molar-refractivity contribution in [3.05, 3.63) is 65.2 Å². The summed E-state index contributed by atoms with van der Waals surface area (Å²) in [5, 5.41) is 10.2. The van der Waals surface area contributed by atoms with Crippen molar-refractivity contribution in [2.75, 3.05) is 19.3 Å². The summed E-state index contributed by atoms with van der Waals surface area (Å²) in [6.07, 6.45) is 3.49. The Hall–Kier alpha value is -1.45. The molecule has 2 nitrogen and oxygen atoms in total. The summed E-state index contributed by atoms with van der Waals surface area (Å²) in [6.45, 7) is 7.80. The normalized spacial score (nSPS) is 21.6. The third-order valence-corrected chi connectivity index (χ3v) is 6.47. The fourth-order valence-electron chi connectivity index (χ4n) is 3.96. The van der Waals surface area contributed by atoms with Crippen LogP contribution in [0, 0.1) is 0 Å². The first-order valence-electron chi connectivity index (χ1n) is 9.20. The van der Waals surface area contributed by atoms with Crippen LogP contribution in [-0.2, 0) is 6.54 Å². The van der Waals surface area contributed by atoms with E-state index in [9.17, 15) is 5.11 Å². The van der Waals surface area contributed by atoms with Crippen LogP contribution in [0.25, 0.3) is 0 Å². The molecule has 134 valence electrons. The molecule has 0 bridgehead atoms. The first kappa shape index (κ1) is 18.3. The molecule has 25 heavy (non-hydrogen) atoms. The van der Waals surface area contributed by atoms with Gasteiger partial charge in [-0.25, -0.2) is 0 Å². The quantitative estimate of drug-likeness (QED) is 0.794. The lowest BCUT2D eigenvalue weighted by Gasteiger charge is -2.39. The van der Waals surface area contributed by atoms with Crippen LogP contribution in [0.15, 0.2) is 48.5 Å². The Balaban J connectivity index is 1.80. The number of aromatic hydroxyl groups is 1. The van der Waals surface area contributed by atoms with Crippen molar-refractivity contribution < 1.29 is 5.11 Å². The average molecular weight is 356 g/mol. The van der Waals surface area contributed by atoms with Gasteiger partial charge in [0.25, 0.3) is 0 Å². The number of nitrogens with zero attached hydrogens (tertiary/aromatic N) is 1. The Labute approximate surface area is 156 Å². The summed E-state index contributed by atoms with van der Waals surface area (Å²) >= 11 is 2.02. The molecule has 1 fully saturated rings. The number of piperidine rings is 1. The van der Waals surface area contributed by atoms with E-state index in [-0.39, 0.29) is 0 Å². The third kappa shape index (κ3) is 4.39. The zero-order valence-corrected chi connectivity index (χ0v) is 16.3. The molecule has 1 saturated heterocycles. The van der Waals surface area contributed by atoms with Gasteiger partial charge in [0.15, 0.2) is 0 Å². The van der Waals surface area contributed by atoms with E-state index < -0.39 is 0 Å². The highest BCUT2D eigenvalue weighted by atomic mass is 32.2. The molecular formula is C22H29NOS. The van der Waals surface area contributed by atoms with Crippen molar-refractivity contribution in [2.45, 2.75) is 43.9 Å². The summed E-state index contributed by atoms with van der Waals surface area (Å²) < 4.78 is 0. The molecule has 3 rings (SSSR count). The number of hydrogen-bond donors (Lipinski definition) is 1. The Morgan fingerprint density at radius 1 is 1.12 bits per heavy atom. The number of likely N-dealkylation sites (tertiary alicyclic amines) is 1. The molecule has 2 aromatic carbocycles. The van der Waals surface area contributed by atoms with Gasteiger partial charge in [-0.05, 0) is 54.0 Å². The summed E-state index contributed by atoms with van der Waals surface area (Å²) in [4.78, 5) is 2.57. The van der Waals surface area contributed by atoms with Crippen LogP contribution < -0.4 is 0 Å². The topological polar surface area (TPSA) is 23.5 Å². The van der Waals surface area contributed by atoms with Gasteiger partial charge in [-0.2, -0.15) is 11.8 Å². The van der Waals surface area contributed by atoms with Gasteiger partial charge >= 0.3 is 0 Å². The van der Waals surface area contributed by atoms with Crippen LogP contribution in [-0.4, -0.2) is 34.6 Å². The predicted molar refractivity (Wildman–Crippen MR) is 109 cm³/mol. The number of thioether (sulfide) groups is 1. The minimum atomic E-state index is 0.341. The van der Waals surface area contributed by atoms with E-state index in [0.29, 0.717) is 22.8 Å². The van der Waals surface area contributed by atoms with Gasteiger partial charge in [0.05, 0.1) is 0 Å². The van der Waals surface area contributed by atoms with E-state index in [1.54, 1.807) is 12.1 Å². The molecule has 0 radical (unpaired) electrons. The maximum absolute atomic E-state index is 9.49. The molecule has 1 N–H and O–H groups in total. The van der Waals surface area contributed by atoms with Crippen LogP contribution in [0.1, 0.15) is 48.8 Å². The standard InChI is InChI=1S/C22H29NOS/c1-16(2)19-6-4-5-7-20(19)21-15-23(13-12-22(21)25-3)14-17-8-10-18(24)11-9-17/h4-11,16,21-22,24H,12-15H2,1-3H3. The molecule has 0 aromatic heterocycles. The molecule has 3 heteroatoms. The number of phenolic OH excluding ortho intramolecular Hbond substituents is 1. The van der Waals surface area contributed by atoms with Gasteiger partial charge in [-0.15, -0.1) is 0 Å². The number of rotatable bonds is 5. The lowest BCUT2D eigenvalue weighted by atomic mass is 9.84. The molecule has 1 aliphatic rings. The van der Waals surface area contributed by atoms with Gasteiger partial charge in [-0.1, -0.05) is 50.2 Å². The molecule has 2 unspecified atom stereocenters. The molecular weight excluding hydrogens is 326 g/mol. The first-order valence-corrected chi connectivity index (χ1v) is 10.5. The average Bonchev–Trinajstić information content (AvgIpc) is 2.63. The van der Waals surface area contributed by atoms with Crippen LogP contribution in [0.4, 0.5) is 0 Å². The van der Waals surface area contributed by atoms with Crippen molar-refractivity contribution in [3.8, 4) is 5.75 Å². The summed E-state index contributed by atoms with van der Waals surface area (Å²) in [6, 6.07) is 16.6. The fraction of sp³-hybridized carbons (Fsp3) is 0.455. The summed E-state index contributed by atoms with van der Waals surface area (Å²) in [7, 11) is 0. The van der Waals surface area contributed by atoms with Crippen molar-refractivity contribution in [2.24, 2.45) is 0 Å². The van der Waals surface area contributed by atoms with Gasteiger partial charge in [-0.3, -0.25) is 4.90 Å². The minimum Gasteiger partial charge on any atom is -0.508 e. The lowest BCUT2D eigenvalue weighted by molar-refractivity contribution is 0.204. The smallest absolute Gasteiger partial charge is 0.115 e. The SMILES string of the molecule is CSC1CCN(Cc2ccc(O)cc2)CC1c1ccccc1C(C)C. The molecule has 0 aliphatic carbocycles. The highest BCUT2D eigenvalue weighted by Gasteiger charge is 2.31. The van der Waals surface area contributed by atoms with Crippen LogP contribution >= 0.6 is 11.8 Å². The Morgan fingerprint density at radius 3 is 2.52 bits per heavy atom. The minimum absolute atomic E-state index is 0.341. The second-order valence-corrected chi connectivity index (χ2v) is 8.43. The van der Waals surface area contributed by atoms with E-state index in [4.69, 9.17) is 0 Å². The second kappa shape index (κ2) is 8.29. The maximum atomic E-state index is 9.49. The number of phenols is 1. The Bertz CT molecular complexity index is 683. The van der Waals surface area contributed by atoms with Crippen LogP contribution in [0.5, 0.6) is 5.75 Å². The second-order valence-electron chi connectivity index (χ2n) is 7.35. The molecule has 1 heterocycles. The molecule has 0 spiro atoms. The Kier molecular flexibility index (Phi) is 6.08. The van der Waals surface area contributed by atoms with Crippen molar-refractivity contribution in [1.29, 1.82) is 0 Å². The van der Waals surface area contributed by atoms with Gasteiger partial charge in [0.2, 0.25) is 0 Å². The highest BCUT2D eigenvalue weighted by Crippen LogP contribution is 2.38. The van der Waals surface area contributed by atoms with E-state index >= 15 is 0 Å². The van der Waals surface area contributed by atoms with Crippen LogP contribution in [0.3, 0.4) is 0 Å². The predicted octanol–water partition coefficient (Wildman–Crippen LogP) is 5.24. The van der Waals surface area contributed by atoms with E-state index in [2.05, 4.69) is 49.3 Å². The fourth-order valence-corrected chi connectivity index (χ4v) is 4.86. The molecule has 1 aliphatic heterocycles. The van der Waals surface area contributed by atoms with Crippen molar-refractivity contribution >= 4 is 11.8 Å². The molecule has 2 aromatic rings. The van der Waals surface area contributed by atoms with Crippen molar-refractivity contribution in [3.63, 3.8) is 0 Å². The molecule has 0 amide bonds. The zero-order valence-electron chi connectivity index (χ0n) is 15.5. The van der Waals surface area contributed by atoms with Crippen molar-refractivity contribution in [1.82, 2.24) is 4.90 Å². The summed E-state index contributed by atoms with van der Waals surface area (Å²) in [5.41, 5.74) is 4.31. The largest absolute Gasteiger partial charge is 0.508 e. The van der Waals surface area contributed by atoms with E-state index in [0.717, 1.165) is 19.6 Å². The maximum Gasteiger partial charge on any atom is 0.115 e. The van der Waals surface area contributed by atoms with Gasteiger partial charge < -0.3 is 5.11 Å². The zero-order chi connectivity index (χ0) is 17.8. The summed E-state index contributed by atoms with van der Waals surface area (Å²) in [5.74, 6) is 1.49. The third-order valence-electron chi connectivity index (χ3n) is 5.30. The van der Waals surface area contributed by atoms with E-state index in [1.807, 2.05) is 23.9 Å². The first-order chi connectivity index (χ1) is 12.1. The monoisotopic (exact) mass is 355 g/mol. The molecule has 0 saturated carbocycles. The van der Waals surface area contributed by atoms with Gasteiger partial charge in [0.1, 0.15) is 5.75 Å². The highest BCUT2D eigenvalue weighted by molar-refractivity contribution is 7.99. The lowest BCUT2D eigenvalue weighted by Crippen LogP contribution is -2.40. The van der Waals surface area contributed by atoms with Crippen LogP contribution in [0.2, 0.25) is 0 Å².